The summed E-state index contributed by atoms with van der Waals surface area (Å²) in [6.45, 7) is 2.38. The van der Waals surface area contributed by atoms with Gasteiger partial charge in [0.15, 0.2) is 0 Å². The zero-order valence-corrected chi connectivity index (χ0v) is 14.6. The van der Waals surface area contributed by atoms with Crippen molar-refractivity contribution < 1.29 is 13.9 Å². The molecule has 0 radical (unpaired) electrons. The first-order chi connectivity index (χ1) is 12.7. The van der Waals surface area contributed by atoms with Gasteiger partial charge in [0, 0.05) is 36.7 Å². The molecule has 1 fully saturated rings. The molecule has 4 nitrogen and oxygen atoms in total. The van der Waals surface area contributed by atoms with E-state index in [1.165, 1.54) is 17.7 Å². The van der Waals surface area contributed by atoms with Crippen LogP contribution in [0.15, 0.2) is 67.0 Å². The normalized spacial score (nSPS) is 17.5. The van der Waals surface area contributed by atoms with Crippen molar-refractivity contribution in [3.63, 3.8) is 0 Å². The maximum atomic E-state index is 13.5. The molecule has 2 aromatic carbocycles. The number of ether oxygens (including phenoxy) is 2. The van der Waals surface area contributed by atoms with Gasteiger partial charge in [-0.05, 0) is 42.0 Å². The highest BCUT2D eigenvalue weighted by Crippen LogP contribution is 2.29. The van der Waals surface area contributed by atoms with Crippen LogP contribution in [0.3, 0.4) is 0 Å². The number of halogens is 1. The van der Waals surface area contributed by atoms with Crippen molar-refractivity contribution in [2.75, 3.05) is 20.3 Å². The average Bonchev–Trinajstić information content (AvgIpc) is 3.31. The highest BCUT2D eigenvalue weighted by Gasteiger charge is 2.27. The number of nitrogens with zero attached hydrogens (tertiary/aromatic N) is 2. The summed E-state index contributed by atoms with van der Waals surface area (Å²) >= 11 is 0. The summed E-state index contributed by atoms with van der Waals surface area (Å²) in [5, 5.41) is 0. The summed E-state index contributed by atoms with van der Waals surface area (Å²) in [6, 6.07) is 16.7. The topological polar surface area (TPSA) is 26.6 Å². The maximum Gasteiger partial charge on any atom is 0.138 e. The van der Waals surface area contributed by atoms with Crippen LogP contribution < -0.4 is 4.74 Å². The van der Waals surface area contributed by atoms with Crippen molar-refractivity contribution in [3.05, 3.63) is 83.9 Å². The molecule has 2 heterocycles. The second kappa shape index (κ2) is 7.32. The van der Waals surface area contributed by atoms with Crippen molar-refractivity contribution in [3.8, 4) is 11.4 Å². The minimum absolute atomic E-state index is 0.0908. The van der Waals surface area contributed by atoms with Gasteiger partial charge in [0.05, 0.1) is 13.7 Å². The van der Waals surface area contributed by atoms with Crippen LogP contribution in [0.1, 0.15) is 17.4 Å². The molecular formula is C21H21FN2O2. The molecule has 5 heteroatoms. The first kappa shape index (κ1) is 16.8. The fraction of sp³-hybridized carbons (Fsp3) is 0.238. The van der Waals surface area contributed by atoms with E-state index >= 15 is 0 Å². The summed E-state index contributed by atoms with van der Waals surface area (Å²) in [4.78, 5) is 2.30. The van der Waals surface area contributed by atoms with E-state index in [0.717, 1.165) is 30.1 Å². The van der Waals surface area contributed by atoms with Gasteiger partial charge >= 0.3 is 0 Å². The molecular weight excluding hydrogens is 331 g/mol. The third-order valence-electron chi connectivity index (χ3n) is 4.64. The van der Waals surface area contributed by atoms with Gasteiger partial charge in [0.1, 0.15) is 17.8 Å². The largest absolute Gasteiger partial charge is 0.497 e. The van der Waals surface area contributed by atoms with Crippen LogP contribution in [-0.2, 0) is 11.3 Å². The summed E-state index contributed by atoms with van der Waals surface area (Å²) < 4.78 is 26.6. The standard InChI is InChI=1S/C21H21FN2O2/c1-25-20-7-5-16(6-8-20)14-24-11-12-26-21(24)17-9-10-23(15-17)19-4-2-3-18(22)13-19/h2-10,13,15,21H,11-12,14H2,1H3. The fourth-order valence-corrected chi connectivity index (χ4v) is 3.30. The second-order valence-corrected chi connectivity index (χ2v) is 6.37. The van der Waals surface area contributed by atoms with E-state index in [1.54, 1.807) is 13.2 Å². The average molecular weight is 352 g/mol. The number of rotatable bonds is 5. The highest BCUT2D eigenvalue weighted by molar-refractivity contribution is 5.35. The Kier molecular flexibility index (Phi) is 4.73. The Labute approximate surface area is 152 Å². The highest BCUT2D eigenvalue weighted by atomic mass is 19.1. The predicted octanol–water partition coefficient (Wildman–Crippen LogP) is 4.16. The zero-order valence-electron chi connectivity index (χ0n) is 14.6. The quantitative estimate of drug-likeness (QED) is 0.690. The lowest BCUT2D eigenvalue weighted by molar-refractivity contribution is 0.0288. The number of methoxy groups -OCH3 is 1. The molecule has 3 aromatic rings. The Bertz CT molecular complexity index is 876. The van der Waals surface area contributed by atoms with Crippen LogP contribution in [0, 0.1) is 5.82 Å². The minimum atomic E-state index is -0.240. The Morgan fingerprint density at radius 1 is 1.15 bits per heavy atom. The molecule has 1 aliphatic heterocycles. The van der Waals surface area contributed by atoms with Gasteiger partial charge in [-0.1, -0.05) is 18.2 Å². The number of aromatic nitrogens is 1. The van der Waals surface area contributed by atoms with E-state index < -0.39 is 0 Å². The lowest BCUT2D eigenvalue weighted by Crippen LogP contribution is -2.23. The summed E-state index contributed by atoms with van der Waals surface area (Å²) in [6.07, 6.45) is 3.86. The van der Waals surface area contributed by atoms with Gasteiger partial charge in [-0.15, -0.1) is 0 Å². The lowest BCUT2D eigenvalue weighted by atomic mass is 10.2. The van der Waals surface area contributed by atoms with Gasteiger partial charge < -0.3 is 14.0 Å². The Morgan fingerprint density at radius 2 is 2.00 bits per heavy atom. The molecule has 1 aliphatic rings. The Balaban J connectivity index is 1.51. The lowest BCUT2D eigenvalue weighted by Gasteiger charge is -2.22. The molecule has 0 bridgehead atoms. The molecule has 1 saturated heterocycles. The SMILES string of the molecule is COc1ccc(CN2CCOC2c2ccn(-c3cccc(F)c3)c2)cc1. The number of hydrogen-bond acceptors (Lipinski definition) is 3. The molecule has 0 amide bonds. The van der Waals surface area contributed by atoms with Gasteiger partial charge in [-0.2, -0.15) is 0 Å². The predicted molar refractivity (Wildman–Crippen MR) is 97.8 cm³/mol. The molecule has 1 unspecified atom stereocenters. The van der Waals surface area contributed by atoms with E-state index in [4.69, 9.17) is 9.47 Å². The Hall–Kier alpha value is -2.63. The van der Waals surface area contributed by atoms with Crippen LogP contribution in [0.25, 0.3) is 5.69 Å². The van der Waals surface area contributed by atoms with E-state index in [9.17, 15) is 4.39 Å². The molecule has 1 atom stereocenters. The summed E-state index contributed by atoms with van der Waals surface area (Å²) in [5.41, 5.74) is 3.09. The zero-order chi connectivity index (χ0) is 17.9. The Morgan fingerprint density at radius 3 is 2.77 bits per heavy atom. The van der Waals surface area contributed by atoms with Crippen molar-refractivity contribution in [2.45, 2.75) is 12.8 Å². The van der Waals surface area contributed by atoms with Crippen LogP contribution in [0.4, 0.5) is 4.39 Å². The van der Waals surface area contributed by atoms with E-state index in [-0.39, 0.29) is 12.0 Å². The van der Waals surface area contributed by atoms with Crippen LogP contribution in [0.2, 0.25) is 0 Å². The molecule has 0 N–H and O–H groups in total. The fourth-order valence-electron chi connectivity index (χ4n) is 3.30. The minimum Gasteiger partial charge on any atom is -0.497 e. The molecule has 0 spiro atoms. The first-order valence-corrected chi connectivity index (χ1v) is 8.65. The van der Waals surface area contributed by atoms with Gasteiger partial charge in [-0.3, -0.25) is 4.90 Å². The number of hydrogen-bond donors (Lipinski definition) is 0. The smallest absolute Gasteiger partial charge is 0.138 e. The van der Waals surface area contributed by atoms with Crippen molar-refractivity contribution in [1.82, 2.24) is 9.47 Å². The van der Waals surface area contributed by atoms with E-state index in [0.29, 0.717) is 6.61 Å². The molecule has 4 rings (SSSR count). The first-order valence-electron chi connectivity index (χ1n) is 8.65. The van der Waals surface area contributed by atoms with Gasteiger partial charge in [0.2, 0.25) is 0 Å². The monoisotopic (exact) mass is 352 g/mol. The van der Waals surface area contributed by atoms with Crippen molar-refractivity contribution >= 4 is 0 Å². The van der Waals surface area contributed by atoms with Gasteiger partial charge in [0.25, 0.3) is 0 Å². The van der Waals surface area contributed by atoms with Crippen LogP contribution in [-0.4, -0.2) is 29.7 Å². The number of benzene rings is 2. The maximum absolute atomic E-state index is 13.5. The third-order valence-corrected chi connectivity index (χ3v) is 4.64. The van der Waals surface area contributed by atoms with Crippen LogP contribution in [0.5, 0.6) is 5.75 Å². The van der Waals surface area contributed by atoms with Crippen LogP contribution >= 0.6 is 0 Å². The summed E-state index contributed by atoms with van der Waals surface area (Å²) in [7, 11) is 1.67. The summed E-state index contributed by atoms with van der Waals surface area (Å²) in [5.74, 6) is 0.617. The molecule has 1 aromatic heterocycles. The third kappa shape index (κ3) is 3.49. The van der Waals surface area contributed by atoms with Crippen molar-refractivity contribution in [1.29, 1.82) is 0 Å². The van der Waals surface area contributed by atoms with E-state index in [2.05, 4.69) is 17.0 Å². The van der Waals surface area contributed by atoms with Gasteiger partial charge in [-0.25, -0.2) is 4.39 Å². The molecule has 0 saturated carbocycles. The molecule has 134 valence electrons. The van der Waals surface area contributed by atoms with E-state index in [1.807, 2.05) is 41.2 Å². The molecule has 0 aliphatic carbocycles. The van der Waals surface area contributed by atoms with Crippen molar-refractivity contribution in [2.24, 2.45) is 0 Å². The molecule has 26 heavy (non-hydrogen) atoms. The second-order valence-electron chi connectivity index (χ2n) is 6.37.